The van der Waals surface area contributed by atoms with Gasteiger partial charge in [0.2, 0.25) is 0 Å². The van der Waals surface area contributed by atoms with Crippen LogP contribution < -0.4 is 10.6 Å². The summed E-state index contributed by atoms with van der Waals surface area (Å²) in [5.74, 6) is 0. The fourth-order valence-electron chi connectivity index (χ4n) is 1.45. The van der Waals surface area contributed by atoms with Crippen molar-refractivity contribution in [3.05, 3.63) is 0 Å². The van der Waals surface area contributed by atoms with Crippen LogP contribution in [0.3, 0.4) is 0 Å². The van der Waals surface area contributed by atoms with Crippen molar-refractivity contribution in [1.82, 2.24) is 15.5 Å². The molecule has 1 heterocycles. The molecule has 0 bridgehead atoms. The zero-order chi connectivity index (χ0) is 9.52. The molecule has 0 unspecified atom stereocenters. The van der Waals surface area contributed by atoms with E-state index in [1.807, 2.05) is 0 Å². The minimum atomic E-state index is -0.937. The molecule has 1 aliphatic rings. The van der Waals surface area contributed by atoms with Gasteiger partial charge in [-0.25, -0.2) is 4.79 Å². The fraction of sp³-hybridized carbons (Fsp3) is 0.875. The summed E-state index contributed by atoms with van der Waals surface area (Å²) >= 11 is 0. The quantitative estimate of drug-likeness (QED) is 0.560. The second-order valence-corrected chi connectivity index (χ2v) is 3.18. The summed E-state index contributed by atoms with van der Waals surface area (Å²) in [6.07, 6.45) is 0.209. The van der Waals surface area contributed by atoms with E-state index in [1.54, 1.807) is 0 Å². The SMILES string of the molecule is O=C(O)NCCN1CCCNCC1. The van der Waals surface area contributed by atoms with Crippen molar-refractivity contribution in [2.45, 2.75) is 6.42 Å². The Balaban J connectivity index is 2.08. The third kappa shape index (κ3) is 4.69. The minimum absolute atomic E-state index is 0.523. The molecule has 13 heavy (non-hydrogen) atoms. The maximum absolute atomic E-state index is 10.2. The Bertz CT molecular complexity index is 155. The summed E-state index contributed by atoms with van der Waals surface area (Å²) in [6.45, 7) is 5.49. The van der Waals surface area contributed by atoms with Gasteiger partial charge in [0.15, 0.2) is 0 Å². The van der Waals surface area contributed by atoms with Crippen molar-refractivity contribution in [2.75, 3.05) is 39.3 Å². The Morgan fingerprint density at radius 2 is 2.31 bits per heavy atom. The van der Waals surface area contributed by atoms with Crippen LogP contribution in [0.25, 0.3) is 0 Å². The molecule has 5 nitrogen and oxygen atoms in total. The van der Waals surface area contributed by atoms with Gasteiger partial charge in [0.25, 0.3) is 0 Å². The third-order valence-electron chi connectivity index (χ3n) is 2.14. The van der Waals surface area contributed by atoms with Crippen LogP contribution in [0.1, 0.15) is 6.42 Å². The van der Waals surface area contributed by atoms with Crippen LogP contribution in [0.4, 0.5) is 4.79 Å². The lowest BCUT2D eigenvalue weighted by Gasteiger charge is -2.18. The molecule has 76 valence electrons. The molecule has 0 atom stereocenters. The Labute approximate surface area is 78.1 Å². The molecule has 1 aliphatic heterocycles. The maximum atomic E-state index is 10.2. The third-order valence-corrected chi connectivity index (χ3v) is 2.14. The summed E-state index contributed by atoms with van der Waals surface area (Å²) in [5.41, 5.74) is 0. The minimum Gasteiger partial charge on any atom is -0.465 e. The Morgan fingerprint density at radius 1 is 1.46 bits per heavy atom. The van der Waals surface area contributed by atoms with Crippen LogP contribution in [-0.2, 0) is 0 Å². The number of carboxylic acid groups (broad SMARTS) is 1. The number of nitrogens with one attached hydrogen (secondary N) is 2. The summed E-state index contributed by atoms with van der Waals surface area (Å²) in [5, 5.41) is 14.0. The predicted octanol–water partition coefficient (Wildman–Crippen LogP) is -0.451. The Morgan fingerprint density at radius 3 is 3.08 bits per heavy atom. The van der Waals surface area contributed by atoms with E-state index in [0.29, 0.717) is 6.54 Å². The van der Waals surface area contributed by atoms with Crippen molar-refractivity contribution in [1.29, 1.82) is 0 Å². The smallest absolute Gasteiger partial charge is 0.404 e. The normalized spacial score (nSPS) is 19.4. The van der Waals surface area contributed by atoms with Gasteiger partial charge >= 0.3 is 6.09 Å². The first-order valence-corrected chi connectivity index (χ1v) is 4.69. The van der Waals surface area contributed by atoms with Crippen molar-refractivity contribution in [2.24, 2.45) is 0 Å². The molecule has 0 aromatic heterocycles. The molecule has 1 amide bonds. The van der Waals surface area contributed by atoms with Crippen LogP contribution in [0.5, 0.6) is 0 Å². The van der Waals surface area contributed by atoms with E-state index in [1.165, 1.54) is 0 Å². The summed E-state index contributed by atoms with van der Waals surface area (Å²) in [4.78, 5) is 12.4. The second-order valence-electron chi connectivity index (χ2n) is 3.18. The largest absolute Gasteiger partial charge is 0.465 e. The molecule has 1 saturated heterocycles. The number of nitrogens with zero attached hydrogens (tertiary/aromatic N) is 1. The topological polar surface area (TPSA) is 64.6 Å². The van der Waals surface area contributed by atoms with E-state index < -0.39 is 6.09 Å². The summed E-state index contributed by atoms with van der Waals surface area (Å²) in [7, 11) is 0. The average molecular weight is 187 g/mol. The first-order valence-electron chi connectivity index (χ1n) is 4.69. The summed E-state index contributed by atoms with van der Waals surface area (Å²) in [6, 6.07) is 0. The van der Waals surface area contributed by atoms with Gasteiger partial charge in [-0.15, -0.1) is 0 Å². The van der Waals surface area contributed by atoms with Gasteiger partial charge in [0.05, 0.1) is 0 Å². The number of rotatable bonds is 3. The zero-order valence-electron chi connectivity index (χ0n) is 7.75. The van der Waals surface area contributed by atoms with Crippen molar-refractivity contribution < 1.29 is 9.90 Å². The van der Waals surface area contributed by atoms with Gasteiger partial charge in [-0.1, -0.05) is 0 Å². The summed E-state index contributed by atoms with van der Waals surface area (Å²) < 4.78 is 0. The van der Waals surface area contributed by atoms with Crippen LogP contribution in [0, 0.1) is 0 Å². The fourth-order valence-corrected chi connectivity index (χ4v) is 1.45. The first-order chi connectivity index (χ1) is 6.29. The van der Waals surface area contributed by atoms with Gasteiger partial charge < -0.3 is 20.6 Å². The molecule has 0 radical (unpaired) electrons. The van der Waals surface area contributed by atoms with Crippen molar-refractivity contribution in [3.8, 4) is 0 Å². The molecule has 1 rings (SSSR count). The molecule has 3 N–H and O–H groups in total. The zero-order valence-corrected chi connectivity index (χ0v) is 7.75. The van der Waals surface area contributed by atoms with E-state index in [2.05, 4.69) is 15.5 Å². The van der Waals surface area contributed by atoms with Crippen LogP contribution in [0.2, 0.25) is 0 Å². The van der Waals surface area contributed by atoms with E-state index in [9.17, 15) is 4.79 Å². The van der Waals surface area contributed by atoms with E-state index >= 15 is 0 Å². The van der Waals surface area contributed by atoms with Gasteiger partial charge in [-0.05, 0) is 19.5 Å². The number of amides is 1. The highest BCUT2D eigenvalue weighted by molar-refractivity contribution is 5.64. The lowest BCUT2D eigenvalue weighted by molar-refractivity contribution is 0.191. The van der Waals surface area contributed by atoms with Crippen molar-refractivity contribution >= 4 is 6.09 Å². The van der Waals surface area contributed by atoms with E-state index in [-0.39, 0.29) is 0 Å². The van der Waals surface area contributed by atoms with E-state index in [4.69, 9.17) is 5.11 Å². The van der Waals surface area contributed by atoms with Gasteiger partial charge in [0, 0.05) is 26.2 Å². The van der Waals surface area contributed by atoms with Crippen LogP contribution in [-0.4, -0.2) is 55.4 Å². The molecule has 0 aromatic rings. The Kier molecular flexibility index (Phi) is 4.56. The molecule has 5 heteroatoms. The first kappa shape index (κ1) is 10.3. The van der Waals surface area contributed by atoms with Gasteiger partial charge in [-0.3, -0.25) is 0 Å². The predicted molar refractivity (Wildman–Crippen MR) is 50.0 cm³/mol. The molecule has 0 aromatic carbocycles. The molecular formula is C8H17N3O2. The van der Waals surface area contributed by atoms with Gasteiger partial charge in [-0.2, -0.15) is 0 Å². The highest BCUT2D eigenvalue weighted by Crippen LogP contribution is 1.93. The Hall–Kier alpha value is -0.810. The van der Waals surface area contributed by atoms with Crippen LogP contribution in [0.15, 0.2) is 0 Å². The number of hydrogen-bond acceptors (Lipinski definition) is 3. The second kappa shape index (κ2) is 5.77. The number of hydrogen-bond donors (Lipinski definition) is 3. The van der Waals surface area contributed by atoms with Gasteiger partial charge in [0.1, 0.15) is 0 Å². The lowest BCUT2D eigenvalue weighted by Crippen LogP contribution is -2.36. The molecule has 0 saturated carbocycles. The molecule has 1 fully saturated rings. The van der Waals surface area contributed by atoms with Crippen molar-refractivity contribution in [3.63, 3.8) is 0 Å². The molecule has 0 aliphatic carbocycles. The number of carbonyl (C=O) groups is 1. The monoisotopic (exact) mass is 187 g/mol. The maximum Gasteiger partial charge on any atom is 0.404 e. The molecule has 0 spiro atoms. The average Bonchev–Trinajstić information content (AvgIpc) is 2.32. The highest BCUT2D eigenvalue weighted by atomic mass is 16.4. The lowest BCUT2D eigenvalue weighted by atomic mass is 10.4. The van der Waals surface area contributed by atoms with Crippen LogP contribution >= 0.6 is 0 Å². The highest BCUT2D eigenvalue weighted by Gasteiger charge is 2.07. The molecular weight excluding hydrogens is 170 g/mol. The standard InChI is InChI=1S/C8H17N3O2/c12-8(13)10-4-7-11-5-1-2-9-3-6-11/h9-10H,1-7H2,(H,12,13). The van der Waals surface area contributed by atoms with E-state index in [0.717, 1.165) is 39.1 Å².